The molecule has 2 aromatic rings. The molecule has 1 heterocycles. The molecule has 0 aliphatic rings. The molecule has 1 aromatic carbocycles. The number of methoxy groups -OCH3 is 1. The van der Waals surface area contributed by atoms with Crippen LogP contribution in [0.1, 0.15) is 27.2 Å². The van der Waals surface area contributed by atoms with Gasteiger partial charge in [-0.1, -0.05) is 25.6 Å². The molecule has 29 heavy (non-hydrogen) atoms. The molecular formula is C19H27N5O4S. The smallest absolute Gasteiger partial charge is 0.328 e. The van der Waals surface area contributed by atoms with Crippen molar-refractivity contribution in [1.82, 2.24) is 20.2 Å². The molecule has 0 aliphatic carbocycles. The normalized spacial score (nSPS) is 11.9. The second-order valence-electron chi connectivity index (χ2n) is 6.70. The number of esters is 1. The number of aromatic nitrogens is 3. The molecule has 1 aromatic heterocycles. The number of carbonyl (C=O) groups excluding carboxylic acids is 2. The maximum absolute atomic E-state index is 12.3. The van der Waals surface area contributed by atoms with Gasteiger partial charge >= 0.3 is 5.97 Å². The number of nitrogens with one attached hydrogen (secondary N) is 1. The molecular weight excluding hydrogens is 394 g/mol. The largest absolute Gasteiger partial charge is 0.494 e. The highest BCUT2D eigenvalue weighted by atomic mass is 32.2. The van der Waals surface area contributed by atoms with Crippen LogP contribution < -0.4 is 15.9 Å². The summed E-state index contributed by atoms with van der Waals surface area (Å²) in [6, 6.07) is 6.66. The summed E-state index contributed by atoms with van der Waals surface area (Å²) in [6.07, 6.45) is 0.498. The van der Waals surface area contributed by atoms with E-state index in [1.54, 1.807) is 0 Å². The second-order valence-corrected chi connectivity index (χ2v) is 7.64. The SMILES string of the molecule is CCOc1ccc(-c2nnc(SCC(=O)N[C@@H](CC(C)C)C(=O)OC)n2N)cc1. The van der Waals surface area contributed by atoms with E-state index in [9.17, 15) is 9.59 Å². The van der Waals surface area contributed by atoms with E-state index in [0.29, 0.717) is 24.0 Å². The number of thioether (sulfide) groups is 1. The number of rotatable bonds is 10. The molecule has 0 aliphatic heterocycles. The maximum atomic E-state index is 12.3. The molecule has 0 saturated heterocycles. The van der Waals surface area contributed by atoms with Crippen molar-refractivity contribution in [2.24, 2.45) is 5.92 Å². The molecule has 3 N–H and O–H groups in total. The van der Waals surface area contributed by atoms with Gasteiger partial charge in [0.2, 0.25) is 11.1 Å². The lowest BCUT2D eigenvalue weighted by Gasteiger charge is -2.18. The van der Waals surface area contributed by atoms with Gasteiger partial charge in [0.15, 0.2) is 5.82 Å². The van der Waals surface area contributed by atoms with Crippen molar-refractivity contribution in [2.75, 3.05) is 25.3 Å². The Morgan fingerprint density at radius 1 is 1.24 bits per heavy atom. The number of nitrogens with zero attached hydrogens (tertiary/aromatic N) is 3. The zero-order valence-corrected chi connectivity index (χ0v) is 17.9. The van der Waals surface area contributed by atoms with E-state index in [2.05, 4.69) is 15.5 Å². The molecule has 2 rings (SSSR count). The topological polar surface area (TPSA) is 121 Å². The Morgan fingerprint density at radius 3 is 2.52 bits per heavy atom. The number of amides is 1. The molecule has 10 heteroatoms. The summed E-state index contributed by atoms with van der Waals surface area (Å²) in [7, 11) is 1.30. The van der Waals surface area contributed by atoms with Crippen LogP contribution in [0, 0.1) is 5.92 Å². The summed E-state index contributed by atoms with van der Waals surface area (Å²) in [5, 5.41) is 11.2. The van der Waals surface area contributed by atoms with E-state index in [1.807, 2.05) is 45.0 Å². The lowest BCUT2D eigenvalue weighted by molar-refractivity contribution is -0.145. The first-order valence-corrected chi connectivity index (χ1v) is 10.3. The van der Waals surface area contributed by atoms with Gasteiger partial charge in [0.1, 0.15) is 11.8 Å². The molecule has 0 saturated carbocycles. The molecule has 1 amide bonds. The fourth-order valence-electron chi connectivity index (χ4n) is 2.63. The predicted molar refractivity (Wildman–Crippen MR) is 111 cm³/mol. The highest BCUT2D eigenvalue weighted by Gasteiger charge is 2.23. The van der Waals surface area contributed by atoms with Gasteiger partial charge in [0.05, 0.1) is 19.5 Å². The average Bonchev–Trinajstić information content (AvgIpc) is 3.06. The molecule has 0 spiro atoms. The van der Waals surface area contributed by atoms with Crippen LogP contribution in [-0.4, -0.2) is 52.3 Å². The number of benzene rings is 1. The Hall–Kier alpha value is -2.75. The average molecular weight is 422 g/mol. The number of hydrogen-bond acceptors (Lipinski definition) is 8. The Kier molecular flexibility index (Phi) is 8.32. The standard InChI is InChI=1S/C19H27N5O4S/c1-5-28-14-8-6-13(7-9-14)17-22-23-19(24(17)20)29-11-16(25)21-15(10-12(2)3)18(26)27-4/h6-9,12,15H,5,10-11,20H2,1-4H3,(H,21,25)/t15-/m0/s1. The van der Waals surface area contributed by atoms with Crippen molar-refractivity contribution in [3.8, 4) is 17.1 Å². The zero-order valence-electron chi connectivity index (χ0n) is 17.0. The van der Waals surface area contributed by atoms with E-state index in [-0.39, 0.29) is 17.6 Å². The summed E-state index contributed by atoms with van der Waals surface area (Å²) in [5.41, 5.74) is 0.780. The predicted octanol–water partition coefficient (Wildman–Crippen LogP) is 1.85. The van der Waals surface area contributed by atoms with Crippen LogP contribution in [0.25, 0.3) is 11.4 Å². The van der Waals surface area contributed by atoms with Crippen LogP contribution in [0.15, 0.2) is 29.4 Å². The van der Waals surface area contributed by atoms with Crippen molar-refractivity contribution in [1.29, 1.82) is 0 Å². The van der Waals surface area contributed by atoms with Gasteiger partial charge in [0, 0.05) is 5.56 Å². The van der Waals surface area contributed by atoms with Gasteiger partial charge in [-0.15, -0.1) is 10.2 Å². The Morgan fingerprint density at radius 2 is 1.93 bits per heavy atom. The number of nitrogen functional groups attached to an aromatic ring is 1. The van der Waals surface area contributed by atoms with Crippen molar-refractivity contribution in [3.05, 3.63) is 24.3 Å². The monoisotopic (exact) mass is 421 g/mol. The number of hydrogen-bond donors (Lipinski definition) is 2. The first-order chi connectivity index (χ1) is 13.8. The number of carbonyl (C=O) groups is 2. The van der Waals surface area contributed by atoms with E-state index in [1.165, 1.54) is 11.8 Å². The van der Waals surface area contributed by atoms with Crippen LogP contribution in [-0.2, 0) is 14.3 Å². The minimum absolute atomic E-state index is 0.0458. The van der Waals surface area contributed by atoms with Crippen molar-refractivity contribution in [3.63, 3.8) is 0 Å². The first-order valence-electron chi connectivity index (χ1n) is 9.29. The van der Waals surface area contributed by atoms with Gasteiger partial charge in [-0.3, -0.25) is 4.79 Å². The van der Waals surface area contributed by atoms with Gasteiger partial charge in [-0.05, 0) is 43.5 Å². The van der Waals surface area contributed by atoms with E-state index >= 15 is 0 Å². The van der Waals surface area contributed by atoms with Gasteiger partial charge in [-0.2, -0.15) is 0 Å². The summed E-state index contributed by atoms with van der Waals surface area (Å²) < 4.78 is 11.5. The third kappa shape index (κ3) is 6.38. The minimum atomic E-state index is -0.678. The summed E-state index contributed by atoms with van der Waals surface area (Å²) in [6.45, 7) is 6.44. The molecule has 0 unspecified atom stereocenters. The third-order valence-corrected chi connectivity index (χ3v) is 4.89. The van der Waals surface area contributed by atoms with Crippen LogP contribution >= 0.6 is 11.8 Å². The Balaban J connectivity index is 1.98. The third-order valence-electron chi connectivity index (χ3n) is 3.95. The summed E-state index contributed by atoms with van der Waals surface area (Å²) >= 11 is 1.14. The molecule has 1 atom stereocenters. The van der Waals surface area contributed by atoms with E-state index < -0.39 is 12.0 Å². The van der Waals surface area contributed by atoms with Crippen molar-refractivity contribution < 1.29 is 19.1 Å². The van der Waals surface area contributed by atoms with E-state index in [0.717, 1.165) is 23.1 Å². The zero-order chi connectivity index (χ0) is 21.4. The molecule has 0 fully saturated rings. The first kappa shape index (κ1) is 22.5. The van der Waals surface area contributed by atoms with Crippen molar-refractivity contribution in [2.45, 2.75) is 38.4 Å². The lowest BCUT2D eigenvalue weighted by Crippen LogP contribution is -2.43. The quantitative estimate of drug-likeness (QED) is 0.339. The number of nitrogens with two attached hydrogens (primary N) is 1. The number of ether oxygens (including phenoxy) is 2. The minimum Gasteiger partial charge on any atom is -0.494 e. The summed E-state index contributed by atoms with van der Waals surface area (Å²) in [5.74, 6) is 6.83. The van der Waals surface area contributed by atoms with Gasteiger partial charge in [-0.25, -0.2) is 9.47 Å². The molecule has 9 nitrogen and oxygen atoms in total. The summed E-state index contributed by atoms with van der Waals surface area (Å²) in [4.78, 5) is 24.1. The Labute approximate surface area is 174 Å². The fourth-order valence-corrected chi connectivity index (χ4v) is 3.30. The maximum Gasteiger partial charge on any atom is 0.328 e. The fraction of sp³-hybridized carbons (Fsp3) is 0.474. The van der Waals surface area contributed by atoms with Crippen molar-refractivity contribution >= 4 is 23.6 Å². The van der Waals surface area contributed by atoms with E-state index in [4.69, 9.17) is 15.3 Å². The molecule has 0 radical (unpaired) electrons. The molecule has 0 bridgehead atoms. The highest BCUT2D eigenvalue weighted by Crippen LogP contribution is 2.23. The van der Waals surface area contributed by atoms with Crippen LogP contribution in [0.3, 0.4) is 0 Å². The van der Waals surface area contributed by atoms with Crippen LogP contribution in [0.4, 0.5) is 0 Å². The van der Waals surface area contributed by atoms with Gasteiger partial charge < -0.3 is 20.6 Å². The second kappa shape index (κ2) is 10.7. The lowest BCUT2D eigenvalue weighted by atomic mass is 10.0. The molecule has 158 valence electrons. The highest BCUT2D eigenvalue weighted by molar-refractivity contribution is 7.99. The Bertz CT molecular complexity index is 823. The van der Waals surface area contributed by atoms with Gasteiger partial charge in [0.25, 0.3) is 0 Å². The van der Waals surface area contributed by atoms with Crippen LogP contribution in [0.5, 0.6) is 5.75 Å². The van der Waals surface area contributed by atoms with Crippen LogP contribution in [0.2, 0.25) is 0 Å².